The number of benzene rings is 1. The SMILES string of the molecule is CC(C)(C)OC(=O)N1CCCC1c1ncc(-c2ccc(C3=CCN(C(=O)C4CCCC4)CC3)cc2)[nH]1. The predicted molar refractivity (Wildman–Crippen MR) is 140 cm³/mol. The van der Waals surface area contributed by atoms with E-state index < -0.39 is 5.60 Å². The Morgan fingerprint density at radius 3 is 2.39 bits per heavy atom. The molecule has 0 radical (unpaired) electrons. The quantitative estimate of drug-likeness (QED) is 0.574. The molecule has 2 aromatic rings. The summed E-state index contributed by atoms with van der Waals surface area (Å²) in [6.07, 6.45) is 11.0. The number of H-pyrrole nitrogens is 1. The van der Waals surface area contributed by atoms with E-state index >= 15 is 0 Å². The van der Waals surface area contributed by atoms with Crippen LogP contribution in [-0.2, 0) is 9.53 Å². The first kappa shape index (κ1) is 24.6. The molecule has 1 unspecified atom stereocenters. The highest BCUT2D eigenvalue weighted by Gasteiger charge is 2.35. The normalized spacial score (nSPS) is 21.1. The van der Waals surface area contributed by atoms with Gasteiger partial charge in [0, 0.05) is 25.6 Å². The number of hydrogen-bond donors (Lipinski definition) is 1. The van der Waals surface area contributed by atoms with Crippen molar-refractivity contribution >= 4 is 17.6 Å². The predicted octanol–water partition coefficient (Wildman–Crippen LogP) is 5.95. The summed E-state index contributed by atoms with van der Waals surface area (Å²) in [6.45, 7) is 7.87. The number of carbonyl (C=O) groups is 2. The molecule has 5 rings (SSSR count). The van der Waals surface area contributed by atoms with Gasteiger partial charge in [0.1, 0.15) is 11.4 Å². The first-order chi connectivity index (χ1) is 17.3. The average Bonchev–Trinajstić information content (AvgIpc) is 3.64. The summed E-state index contributed by atoms with van der Waals surface area (Å²) in [5.41, 5.74) is 4.00. The first-order valence-electron chi connectivity index (χ1n) is 13.4. The summed E-state index contributed by atoms with van der Waals surface area (Å²) < 4.78 is 5.60. The van der Waals surface area contributed by atoms with Crippen molar-refractivity contribution in [3.8, 4) is 11.3 Å². The van der Waals surface area contributed by atoms with Crippen molar-refractivity contribution in [2.45, 2.75) is 77.4 Å². The van der Waals surface area contributed by atoms with Crippen LogP contribution in [0.3, 0.4) is 0 Å². The Balaban J connectivity index is 1.23. The third-order valence-corrected chi connectivity index (χ3v) is 7.58. The summed E-state index contributed by atoms with van der Waals surface area (Å²) in [7, 11) is 0. The van der Waals surface area contributed by atoms with E-state index in [4.69, 9.17) is 4.74 Å². The Labute approximate surface area is 213 Å². The summed E-state index contributed by atoms with van der Waals surface area (Å²) in [4.78, 5) is 37.3. The minimum Gasteiger partial charge on any atom is -0.444 e. The molecule has 2 fully saturated rings. The monoisotopic (exact) mass is 490 g/mol. The van der Waals surface area contributed by atoms with Crippen LogP contribution in [0, 0.1) is 5.92 Å². The molecule has 1 aliphatic carbocycles. The molecule has 3 aliphatic rings. The summed E-state index contributed by atoms with van der Waals surface area (Å²) in [6, 6.07) is 8.44. The second-order valence-electron chi connectivity index (χ2n) is 11.3. The van der Waals surface area contributed by atoms with Crippen molar-refractivity contribution in [2.75, 3.05) is 19.6 Å². The highest BCUT2D eigenvalue weighted by atomic mass is 16.6. The first-order valence-corrected chi connectivity index (χ1v) is 13.4. The van der Waals surface area contributed by atoms with E-state index in [1.165, 1.54) is 24.0 Å². The molecule has 3 heterocycles. The minimum atomic E-state index is -0.516. The van der Waals surface area contributed by atoms with Gasteiger partial charge in [-0.1, -0.05) is 43.2 Å². The van der Waals surface area contributed by atoms with Crippen LogP contribution in [0.25, 0.3) is 16.8 Å². The Hall–Kier alpha value is -3.09. The number of imidazole rings is 1. The standard InChI is InChI=1S/C29H38N4O3/c1-29(2,3)36-28(35)33-16-6-9-25(33)26-30-19-24(31-26)22-12-10-20(11-13-22)21-14-17-32(18-15-21)27(34)23-7-4-5-8-23/h10-14,19,23,25H,4-9,15-18H2,1-3H3,(H,30,31). The van der Waals surface area contributed by atoms with E-state index in [9.17, 15) is 9.59 Å². The van der Waals surface area contributed by atoms with Crippen LogP contribution >= 0.6 is 0 Å². The van der Waals surface area contributed by atoms with Crippen molar-refractivity contribution in [2.24, 2.45) is 5.92 Å². The molecule has 1 atom stereocenters. The molecule has 1 saturated heterocycles. The van der Waals surface area contributed by atoms with Crippen molar-refractivity contribution in [1.82, 2.24) is 19.8 Å². The van der Waals surface area contributed by atoms with Crippen molar-refractivity contribution in [3.63, 3.8) is 0 Å². The zero-order chi connectivity index (χ0) is 25.3. The van der Waals surface area contributed by atoms with Gasteiger partial charge in [0.25, 0.3) is 0 Å². The zero-order valence-electron chi connectivity index (χ0n) is 21.8. The fourth-order valence-corrected chi connectivity index (χ4v) is 5.67. The Kier molecular flexibility index (Phi) is 6.91. The molecular weight excluding hydrogens is 452 g/mol. The Morgan fingerprint density at radius 2 is 1.72 bits per heavy atom. The number of nitrogens with zero attached hydrogens (tertiary/aromatic N) is 3. The second kappa shape index (κ2) is 10.1. The van der Waals surface area contributed by atoms with Gasteiger partial charge in [0.05, 0.1) is 17.9 Å². The van der Waals surface area contributed by atoms with Crippen LogP contribution in [0.4, 0.5) is 4.79 Å². The molecule has 36 heavy (non-hydrogen) atoms. The number of carbonyl (C=O) groups excluding carboxylic acids is 2. The lowest BCUT2D eigenvalue weighted by molar-refractivity contribution is -0.134. The number of ether oxygens (including phenoxy) is 1. The topological polar surface area (TPSA) is 78.5 Å². The molecule has 1 N–H and O–H groups in total. The van der Waals surface area contributed by atoms with Crippen LogP contribution in [0.15, 0.2) is 36.5 Å². The van der Waals surface area contributed by atoms with E-state index in [1.807, 2.05) is 31.9 Å². The third-order valence-electron chi connectivity index (χ3n) is 7.58. The van der Waals surface area contributed by atoms with Crippen LogP contribution in [0.2, 0.25) is 0 Å². The fraction of sp³-hybridized carbons (Fsp3) is 0.552. The third kappa shape index (κ3) is 5.35. The molecule has 1 saturated carbocycles. The van der Waals surface area contributed by atoms with Crippen molar-refractivity contribution in [1.29, 1.82) is 0 Å². The van der Waals surface area contributed by atoms with Gasteiger partial charge >= 0.3 is 6.09 Å². The second-order valence-corrected chi connectivity index (χ2v) is 11.3. The molecule has 7 nitrogen and oxygen atoms in total. The van der Waals surface area contributed by atoms with Gasteiger partial charge in [0.15, 0.2) is 0 Å². The maximum Gasteiger partial charge on any atom is 0.410 e. The van der Waals surface area contributed by atoms with E-state index in [-0.39, 0.29) is 18.1 Å². The van der Waals surface area contributed by atoms with Gasteiger partial charge < -0.3 is 14.6 Å². The number of rotatable bonds is 4. The van der Waals surface area contributed by atoms with Gasteiger partial charge in [-0.3, -0.25) is 9.69 Å². The maximum atomic E-state index is 12.7. The van der Waals surface area contributed by atoms with Crippen LogP contribution in [-0.4, -0.2) is 57.0 Å². The highest BCUT2D eigenvalue weighted by Crippen LogP contribution is 2.33. The Bertz CT molecular complexity index is 1120. The van der Waals surface area contributed by atoms with Crippen molar-refractivity contribution in [3.05, 3.63) is 47.9 Å². The maximum absolute atomic E-state index is 12.7. The molecule has 7 heteroatoms. The molecule has 2 aliphatic heterocycles. The number of aromatic nitrogens is 2. The fourth-order valence-electron chi connectivity index (χ4n) is 5.67. The molecule has 0 spiro atoms. The number of likely N-dealkylation sites (tertiary alicyclic amines) is 1. The molecule has 1 aromatic heterocycles. The number of nitrogens with one attached hydrogen (secondary N) is 1. The molecule has 1 aromatic carbocycles. The number of amides is 2. The average molecular weight is 491 g/mol. The van der Waals surface area contributed by atoms with Gasteiger partial charge in [-0.25, -0.2) is 9.78 Å². The summed E-state index contributed by atoms with van der Waals surface area (Å²) >= 11 is 0. The van der Waals surface area contributed by atoms with Crippen LogP contribution in [0.5, 0.6) is 0 Å². The minimum absolute atomic E-state index is 0.0878. The van der Waals surface area contributed by atoms with Gasteiger partial charge in [-0.15, -0.1) is 0 Å². The molecular formula is C29H38N4O3. The lowest BCUT2D eigenvalue weighted by Crippen LogP contribution is -2.38. The lowest BCUT2D eigenvalue weighted by Gasteiger charge is -2.29. The molecule has 192 valence electrons. The zero-order valence-corrected chi connectivity index (χ0v) is 21.8. The summed E-state index contributed by atoms with van der Waals surface area (Å²) in [5, 5.41) is 0. The smallest absolute Gasteiger partial charge is 0.410 e. The number of aromatic amines is 1. The van der Waals surface area contributed by atoms with E-state index in [0.717, 1.165) is 55.7 Å². The van der Waals surface area contributed by atoms with Gasteiger partial charge in [-0.05, 0) is 69.6 Å². The highest BCUT2D eigenvalue weighted by molar-refractivity contribution is 5.81. The van der Waals surface area contributed by atoms with Crippen molar-refractivity contribution < 1.29 is 14.3 Å². The largest absolute Gasteiger partial charge is 0.444 e. The van der Waals surface area contributed by atoms with E-state index in [2.05, 4.69) is 40.3 Å². The summed E-state index contributed by atoms with van der Waals surface area (Å²) in [5.74, 6) is 1.40. The lowest BCUT2D eigenvalue weighted by atomic mass is 9.97. The van der Waals surface area contributed by atoms with E-state index in [0.29, 0.717) is 19.0 Å². The van der Waals surface area contributed by atoms with Crippen LogP contribution in [0.1, 0.15) is 83.1 Å². The molecule has 2 amide bonds. The van der Waals surface area contributed by atoms with E-state index in [1.54, 1.807) is 4.90 Å². The van der Waals surface area contributed by atoms with Gasteiger partial charge in [0.2, 0.25) is 5.91 Å². The number of hydrogen-bond acceptors (Lipinski definition) is 4. The molecule has 0 bridgehead atoms. The van der Waals surface area contributed by atoms with Gasteiger partial charge in [-0.2, -0.15) is 0 Å². The Morgan fingerprint density at radius 1 is 1.00 bits per heavy atom. The van der Waals surface area contributed by atoms with Crippen LogP contribution < -0.4 is 0 Å².